The Balaban J connectivity index is 0.000000154. The van der Waals surface area contributed by atoms with Crippen molar-refractivity contribution in [1.82, 2.24) is 44.5 Å². The van der Waals surface area contributed by atoms with Crippen LogP contribution in [0, 0.1) is 0 Å². The Kier molecular flexibility index (Phi) is 9.43. The fourth-order valence-electron chi connectivity index (χ4n) is 6.31. The van der Waals surface area contributed by atoms with Gasteiger partial charge in [0.25, 0.3) is 0 Å². The molecule has 5 heterocycles. The molecule has 0 spiro atoms. The molecule has 1 saturated heterocycles. The van der Waals surface area contributed by atoms with Crippen LogP contribution >= 0.6 is 0 Å². The molecule has 0 saturated carbocycles. The number of aromatic nitrogens is 8. The monoisotopic (exact) mass is 720 g/mol. The van der Waals surface area contributed by atoms with Crippen LogP contribution in [0.4, 0.5) is 11.9 Å². The topological polar surface area (TPSA) is 203 Å². The highest BCUT2D eigenvalue weighted by atomic mass is 16.3. The quantitative estimate of drug-likeness (QED) is 0.150. The zero-order valence-corrected chi connectivity index (χ0v) is 29.0. The summed E-state index contributed by atoms with van der Waals surface area (Å²) in [5.41, 5.74) is 9.94. The first kappa shape index (κ1) is 34.1. The van der Waals surface area contributed by atoms with Gasteiger partial charge in [0.05, 0.1) is 17.6 Å². The number of nitrogens with zero attached hydrogens (tertiary/aromatic N) is 8. The Morgan fingerprint density at radius 3 is 1.81 bits per heavy atom. The van der Waals surface area contributed by atoms with Crippen molar-refractivity contribution in [3.05, 3.63) is 109 Å². The van der Waals surface area contributed by atoms with Gasteiger partial charge in [-0.25, -0.2) is 19.9 Å². The summed E-state index contributed by atoms with van der Waals surface area (Å²) < 4.78 is 3.24. The molecule has 6 N–H and O–H groups in total. The van der Waals surface area contributed by atoms with E-state index in [1.807, 2.05) is 109 Å². The van der Waals surface area contributed by atoms with Crippen LogP contribution < -0.4 is 21.7 Å². The minimum absolute atomic E-state index is 0.00371. The van der Waals surface area contributed by atoms with Crippen LogP contribution in [0.3, 0.4) is 0 Å². The lowest BCUT2D eigenvalue weighted by Crippen LogP contribution is -2.39. The number of aliphatic hydroxyl groups excluding tert-OH is 1. The summed E-state index contributed by atoms with van der Waals surface area (Å²) in [6, 6.07) is 33.5. The van der Waals surface area contributed by atoms with E-state index in [0.717, 1.165) is 58.9 Å². The smallest absolute Gasteiger partial charge is 0.242 e. The van der Waals surface area contributed by atoms with Gasteiger partial charge >= 0.3 is 0 Å². The predicted molar refractivity (Wildman–Crippen MR) is 205 cm³/mol. The predicted octanol–water partition coefficient (Wildman–Crippen LogP) is 4.23. The van der Waals surface area contributed by atoms with E-state index in [1.165, 1.54) is 4.52 Å². The van der Waals surface area contributed by atoms with Gasteiger partial charge in [0, 0.05) is 28.4 Å². The van der Waals surface area contributed by atoms with Crippen LogP contribution in [0.1, 0.15) is 19.3 Å². The number of carbonyl (C=O) groups excluding carboxylic acids is 2. The number of hydrogen-bond acceptors (Lipinski definition) is 11. The van der Waals surface area contributed by atoms with Gasteiger partial charge in [-0.05, 0) is 43.5 Å². The first-order valence-electron chi connectivity index (χ1n) is 17.6. The van der Waals surface area contributed by atoms with Gasteiger partial charge in [0.2, 0.25) is 23.7 Å². The van der Waals surface area contributed by atoms with Crippen molar-refractivity contribution in [3.63, 3.8) is 0 Å². The van der Waals surface area contributed by atoms with Crippen molar-refractivity contribution < 1.29 is 14.7 Å². The highest BCUT2D eigenvalue weighted by Gasteiger charge is 2.24. The second-order valence-electron chi connectivity index (χ2n) is 12.7. The van der Waals surface area contributed by atoms with Gasteiger partial charge in [0.15, 0.2) is 22.9 Å². The molecule has 54 heavy (non-hydrogen) atoms. The van der Waals surface area contributed by atoms with Gasteiger partial charge in [-0.1, -0.05) is 84.9 Å². The molecule has 2 atom stereocenters. The van der Waals surface area contributed by atoms with E-state index in [4.69, 9.17) is 20.8 Å². The summed E-state index contributed by atoms with van der Waals surface area (Å²) in [6.07, 6.45) is 2.74. The van der Waals surface area contributed by atoms with Gasteiger partial charge in [-0.15, -0.1) is 10.2 Å². The molecule has 1 fully saturated rings. The minimum Gasteiger partial charge on any atom is -0.394 e. The standard InChI is InChI=1S/C21H20N6O.C18H16N6O2/c28-20-17(12-6-7-13-22-20)24-21-23-16-11-5-4-10-15(16)19-25-18(26-27(19)21)14-8-2-1-3-9-14;19-15(26)14(10-25)21-18-20-13-9-5-4-8-12(13)17-22-16(23-24(17)18)11-6-2-1-3-7-11/h1-5,8-11,17H,6-7,12-13H2,(H,22,28)(H,23,24);1-9,14,25H,10H2,(H2,19,26)(H,20,21)/t17-;14-/m01/s1. The van der Waals surface area contributed by atoms with Crippen molar-refractivity contribution in [1.29, 1.82) is 0 Å². The third-order valence-electron chi connectivity index (χ3n) is 9.09. The highest BCUT2D eigenvalue weighted by molar-refractivity contribution is 5.94. The summed E-state index contributed by atoms with van der Waals surface area (Å²) in [7, 11) is 0. The van der Waals surface area contributed by atoms with Crippen molar-refractivity contribution in [3.8, 4) is 22.8 Å². The fraction of sp³-hybridized carbons (Fsp3) is 0.179. The first-order valence-corrected chi connectivity index (χ1v) is 17.6. The molecule has 9 rings (SSSR count). The third kappa shape index (κ3) is 6.82. The largest absolute Gasteiger partial charge is 0.394 e. The lowest BCUT2D eigenvalue weighted by atomic mass is 10.1. The molecule has 1 aliphatic rings. The molecule has 15 heteroatoms. The number of fused-ring (bicyclic) bond motifs is 6. The zero-order chi connectivity index (χ0) is 37.0. The Bertz CT molecular complexity index is 2610. The second-order valence-corrected chi connectivity index (χ2v) is 12.7. The number of nitrogens with one attached hydrogen (secondary N) is 3. The summed E-state index contributed by atoms with van der Waals surface area (Å²) in [4.78, 5) is 42.6. The molecule has 0 radical (unpaired) electrons. The number of nitrogens with two attached hydrogens (primary N) is 1. The van der Waals surface area contributed by atoms with Gasteiger partial charge in [-0.3, -0.25) is 9.59 Å². The molecule has 0 bridgehead atoms. The summed E-state index contributed by atoms with van der Waals surface area (Å²) in [6.45, 7) is 0.268. The molecule has 4 aromatic heterocycles. The van der Waals surface area contributed by atoms with E-state index in [2.05, 4.69) is 31.0 Å². The SMILES string of the molecule is NC(=O)[C@@H](CO)Nc1nc2ccccc2c2nc(-c3ccccc3)nn12.O=C1NCCCC[C@@H]1Nc1nc2ccccc2c2nc(-c3ccccc3)nn12. The van der Waals surface area contributed by atoms with Gasteiger partial charge in [-0.2, -0.15) is 9.03 Å². The van der Waals surface area contributed by atoms with Crippen LogP contribution in [0.5, 0.6) is 0 Å². The van der Waals surface area contributed by atoms with Crippen molar-refractivity contribution in [2.45, 2.75) is 31.3 Å². The summed E-state index contributed by atoms with van der Waals surface area (Å²) in [5.74, 6) is 1.30. The number of hydrogen-bond donors (Lipinski definition) is 5. The van der Waals surface area contributed by atoms with Gasteiger partial charge in [0.1, 0.15) is 12.1 Å². The zero-order valence-electron chi connectivity index (χ0n) is 29.0. The van der Waals surface area contributed by atoms with E-state index in [1.54, 1.807) is 4.52 Å². The minimum atomic E-state index is -0.976. The molecule has 2 amide bonds. The van der Waals surface area contributed by atoms with Crippen LogP contribution in [-0.4, -0.2) is 81.3 Å². The maximum absolute atomic E-state index is 12.4. The number of carbonyl (C=O) groups is 2. The second kappa shape index (κ2) is 14.9. The number of benzene rings is 4. The van der Waals surface area contributed by atoms with Crippen LogP contribution in [0.15, 0.2) is 109 Å². The Hall–Kier alpha value is -7.00. The summed E-state index contributed by atoms with van der Waals surface area (Å²) >= 11 is 0. The number of aliphatic hydroxyl groups is 1. The molecule has 8 aromatic rings. The lowest BCUT2D eigenvalue weighted by Gasteiger charge is -2.16. The van der Waals surface area contributed by atoms with E-state index in [0.29, 0.717) is 28.8 Å². The van der Waals surface area contributed by atoms with E-state index < -0.39 is 18.6 Å². The fourth-order valence-corrected chi connectivity index (χ4v) is 6.31. The van der Waals surface area contributed by atoms with E-state index in [9.17, 15) is 14.7 Å². The van der Waals surface area contributed by atoms with Crippen molar-refractivity contribution in [2.24, 2.45) is 5.73 Å². The van der Waals surface area contributed by atoms with E-state index >= 15 is 0 Å². The molecule has 4 aromatic carbocycles. The van der Waals surface area contributed by atoms with Crippen molar-refractivity contribution in [2.75, 3.05) is 23.8 Å². The number of para-hydroxylation sites is 2. The average Bonchev–Trinajstić information content (AvgIpc) is 3.82. The van der Waals surface area contributed by atoms with Crippen molar-refractivity contribution >= 4 is 56.8 Å². The van der Waals surface area contributed by atoms with Crippen LogP contribution in [-0.2, 0) is 9.59 Å². The molecule has 0 unspecified atom stereocenters. The average molecular weight is 721 g/mol. The normalized spacial score (nSPS) is 15.0. The Morgan fingerprint density at radius 1 is 0.741 bits per heavy atom. The number of anilines is 2. The van der Waals surface area contributed by atoms with Gasteiger partial charge < -0.3 is 26.8 Å². The van der Waals surface area contributed by atoms with Crippen LogP contribution in [0.25, 0.3) is 55.9 Å². The number of primary amides is 1. The highest BCUT2D eigenvalue weighted by Crippen LogP contribution is 2.26. The van der Waals surface area contributed by atoms with Crippen LogP contribution in [0.2, 0.25) is 0 Å². The molecule has 0 aliphatic carbocycles. The Labute approximate surface area is 308 Å². The Morgan fingerprint density at radius 2 is 1.26 bits per heavy atom. The maximum Gasteiger partial charge on any atom is 0.242 e. The van der Waals surface area contributed by atoms with E-state index in [-0.39, 0.29) is 17.9 Å². The molecule has 1 aliphatic heterocycles. The number of rotatable bonds is 8. The molecule has 15 nitrogen and oxygen atoms in total. The molecule has 270 valence electrons. The maximum atomic E-state index is 12.4. The molecular formula is C39H36N12O3. The lowest BCUT2D eigenvalue weighted by molar-refractivity contribution is -0.121. The molecular weight excluding hydrogens is 685 g/mol. The number of amides is 2. The first-order chi connectivity index (χ1) is 26.5. The summed E-state index contributed by atoms with van der Waals surface area (Å²) in [5, 5.41) is 29.5. The third-order valence-corrected chi connectivity index (χ3v) is 9.09.